The van der Waals surface area contributed by atoms with E-state index in [1.807, 2.05) is 72.2 Å². The third-order valence-corrected chi connectivity index (χ3v) is 7.78. The van der Waals surface area contributed by atoms with Crippen LogP contribution in [0.3, 0.4) is 0 Å². The maximum Gasteiger partial charge on any atom is 0.303 e. The highest BCUT2D eigenvalue weighted by molar-refractivity contribution is 6.30. The number of nitrogens with zero attached hydrogens (tertiary/aromatic N) is 3. The number of hydrogen-bond donors (Lipinski definition) is 1. The number of rotatable bonds is 7. The molecule has 39 heavy (non-hydrogen) atoms. The Labute approximate surface area is 236 Å². The van der Waals surface area contributed by atoms with E-state index in [-0.39, 0.29) is 30.6 Å². The number of para-hydroxylation sites is 1. The zero-order chi connectivity index (χ0) is 28.0. The minimum Gasteiger partial charge on any atom is -0.481 e. The summed E-state index contributed by atoms with van der Waals surface area (Å²) in [4.78, 5) is 44.6. The predicted molar refractivity (Wildman–Crippen MR) is 154 cm³/mol. The first-order valence-corrected chi connectivity index (χ1v) is 14.3. The van der Waals surface area contributed by atoms with E-state index in [2.05, 4.69) is 4.90 Å². The number of anilines is 1. The van der Waals surface area contributed by atoms with Crippen molar-refractivity contribution in [1.82, 2.24) is 9.80 Å². The van der Waals surface area contributed by atoms with Crippen LogP contribution >= 0.6 is 11.6 Å². The molecule has 0 unspecified atom stereocenters. The molecule has 2 aromatic rings. The molecule has 1 heterocycles. The molecule has 8 heteroatoms. The summed E-state index contributed by atoms with van der Waals surface area (Å²) >= 11 is 6.09. The van der Waals surface area contributed by atoms with Crippen molar-refractivity contribution in [3.05, 3.63) is 64.7 Å². The molecule has 7 nitrogen and oxygen atoms in total. The summed E-state index contributed by atoms with van der Waals surface area (Å²) in [5.41, 5.74) is 2.35. The molecule has 0 spiro atoms. The molecule has 2 amide bonds. The lowest BCUT2D eigenvalue weighted by Crippen LogP contribution is -2.40. The lowest BCUT2D eigenvalue weighted by Gasteiger charge is -2.33. The van der Waals surface area contributed by atoms with Crippen LogP contribution in [0.15, 0.2) is 48.5 Å². The first kappa shape index (κ1) is 29.1. The third kappa shape index (κ3) is 8.54. The van der Waals surface area contributed by atoms with Crippen molar-refractivity contribution < 1.29 is 19.5 Å². The molecule has 4 rings (SSSR count). The number of carboxylic acids is 1. The standard InChI is InChI=1S/C31H40ClN3O4/c1-31(2,20-29(37)38)19-28(36)34-17-5-15-33(21-23-9-13-26(32)14-10-23)16-6-18-35(30(39)24-11-12-24)27-8-4-3-7-25(27)22-34/h3-4,7-10,13-14,24H,5-6,11-12,15-22H2,1-2H3,(H,37,38). The average molecular weight is 554 g/mol. The van der Waals surface area contributed by atoms with Crippen molar-refractivity contribution in [3.8, 4) is 0 Å². The Hall–Kier alpha value is -2.90. The van der Waals surface area contributed by atoms with Gasteiger partial charge >= 0.3 is 5.97 Å². The minimum absolute atomic E-state index is 0.0579. The topological polar surface area (TPSA) is 81.2 Å². The Balaban J connectivity index is 1.60. The highest BCUT2D eigenvalue weighted by atomic mass is 35.5. The van der Waals surface area contributed by atoms with E-state index < -0.39 is 11.4 Å². The first-order chi connectivity index (χ1) is 18.6. The molecule has 210 valence electrons. The molecule has 0 bridgehead atoms. The smallest absolute Gasteiger partial charge is 0.303 e. The van der Waals surface area contributed by atoms with Crippen LogP contribution in [0.5, 0.6) is 0 Å². The van der Waals surface area contributed by atoms with Gasteiger partial charge in [0.25, 0.3) is 0 Å². The van der Waals surface area contributed by atoms with Crippen LogP contribution in [-0.2, 0) is 27.5 Å². The fraction of sp³-hybridized carbons (Fsp3) is 0.516. The summed E-state index contributed by atoms with van der Waals surface area (Å²) in [7, 11) is 0. The maximum absolute atomic E-state index is 13.6. The van der Waals surface area contributed by atoms with Crippen LogP contribution in [-0.4, -0.2) is 58.9 Å². The molecule has 2 aliphatic rings. The summed E-state index contributed by atoms with van der Waals surface area (Å²) in [6, 6.07) is 15.8. The van der Waals surface area contributed by atoms with Crippen LogP contribution in [0.25, 0.3) is 0 Å². The molecule has 1 aliphatic carbocycles. The number of benzene rings is 2. The van der Waals surface area contributed by atoms with E-state index in [1.54, 1.807) is 0 Å². The van der Waals surface area contributed by atoms with Gasteiger partial charge in [-0.05, 0) is 60.4 Å². The molecule has 1 saturated carbocycles. The number of aliphatic carboxylic acids is 1. The number of amides is 2. The highest BCUT2D eigenvalue weighted by Crippen LogP contribution is 2.35. The number of carboxylic acid groups (broad SMARTS) is 1. The summed E-state index contributed by atoms with van der Waals surface area (Å²) in [5, 5.41) is 10.0. The minimum atomic E-state index is -0.904. The first-order valence-electron chi connectivity index (χ1n) is 14.0. The molecule has 0 aromatic heterocycles. The van der Waals surface area contributed by atoms with Gasteiger partial charge < -0.3 is 14.9 Å². The van der Waals surface area contributed by atoms with Gasteiger partial charge in [-0.3, -0.25) is 19.3 Å². The van der Waals surface area contributed by atoms with Crippen LogP contribution in [0.1, 0.15) is 63.5 Å². The van der Waals surface area contributed by atoms with Crippen LogP contribution in [0, 0.1) is 11.3 Å². The van der Waals surface area contributed by atoms with Crippen LogP contribution in [0.2, 0.25) is 5.02 Å². The Bertz CT molecular complexity index is 1160. The molecule has 2 aromatic carbocycles. The van der Waals surface area contributed by atoms with Crippen LogP contribution in [0.4, 0.5) is 5.69 Å². The molecule has 1 N–H and O–H groups in total. The van der Waals surface area contributed by atoms with Gasteiger partial charge in [0.05, 0.1) is 6.42 Å². The van der Waals surface area contributed by atoms with Crippen LogP contribution < -0.4 is 4.90 Å². The van der Waals surface area contributed by atoms with Gasteiger partial charge in [-0.25, -0.2) is 0 Å². The number of fused-ring (bicyclic) bond motifs is 1. The van der Waals surface area contributed by atoms with Crippen molar-refractivity contribution in [2.45, 2.75) is 65.5 Å². The second kappa shape index (κ2) is 13.0. The molecule has 1 fully saturated rings. The van der Waals surface area contributed by atoms with Crippen molar-refractivity contribution >= 4 is 35.1 Å². The quantitative estimate of drug-likeness (QED) is 0.483. The van der Waals surface area contributed by atoms with E-state index in [0.29, 0.717) is 24.7 Å². The molecule has 0 saturated heterocycles. The number of hydrogen-bond acceptors (Lipinski definition) is 4. The zero-order valence-corrected chi connectivity index (χ0v) is 23.8. The molecule has 1 aliphatic heterocycles. The Kier molecular flexibility index (Phi) is 9.67. The van der Waals surface area contributed by atoms with Gasteiger partial charge in [0.1, 0.15) is 0 Å². The maximum atomic E-state index is 13.6. The van der Waals surface area contributed by atoms with Crippen molar-refractivity contribution in [2.75, 3.05) is 31.1 Å². The van der Waals surface area contributed by atoms with E-state index in [9.17, 15) is 19.5 Å². The Morgan fingerprint density at radius 2 is 1.59 bits per heavy atom. The summed E-state index contributed by atoms with van der Waals surface area (Å²) in [5.74, 6) is -0.703. The number of halogens is 1. The lowest BCUT2D eigenvalue weighted by atomic mass is 9.85. The summed E-state index contributed by atoms with van der Waals surface area (Å²) in [6.45, 7) is 7.64. The molecule has 0 radical (unpaired) electrons. The van der Waals surface area contributed by atoms with Crippen molar-refractivity contribution in [3.63, 3.8) is 0 Å². The van der Waals surface area contributed by atoms with E-state index in [4.69, 9.17) is 11.6 Å². The van der Waals surface area contributed by atoms with Crippen molar-refractivity contribution in [1.29, 1.82) is 0 Å². The fourth-order valence-electron chi connectivity index (χ4n) is 5.35. The summed E-state index contributed by atoms with van der Waals surface area (Å²) in [6.07, 6.45) is 3.60. The fourth-order valence-corrected chi connectivity index (χ4v) is 5.48. The van der Waals surface area contributed by atoms with Gasteiger partial charge in [-0.15, -0.1) is 0 Å². The van der Waals surface area contributed by atoms with E-state index in [1.165, 1.54) is 5.56 Å². The van der Waals surface area contributed by atoms with Gasteiger partial charge in [0.15, 0.2) is 0 Å². The predicted octanol–water partition coefficient (Wildman–Crippen LogP) is 5.60. The van der Waals surface area contributed by atoms with E-state index >= 15 is 0 Å². The van der Waals surface area contributed by atoms with E-state index in [0.717, 1.165) is 56.6 Å². The van der Waals surface area contributed by atoms with Gasteiger partial charge in [0.2, 0.25) is 11.8 Å². The Morgan fingerprint density at radius 1 is 0.923 bits per heavy atom. The lowest BCUT2D eigenvalue weighted by molar-refractivity contribution is -0.141. The Morgan fingerprint density at radius 3 is 2.26 bits per heavy atom. The van der Waals surface area contributed by atoms with Gasteiger partial charge in [-0.1, -0.05) is 55.8 Å². The van der Waals surface area contributed by atoms with Crippen molar-refractivity contribution in [2.24, 2.45) is 11.3 Å². The monoisotopic (exact) mass is 553 g/mol. The SMILES string of the molecule is CC(C)(CC(=O)O)CC(=O)N1CCCN(Cc2ccc(Cl)cc2)CCCN(C(=O)C2CC2)c2ccccc2C1. The number of carbonyl (C=O) groups is 3. The number of carbonyl (C=O) groups excluding carboxylic acids is 2. The third-order valence-electron chi connectivity index (χ3n) is 7.53. The molecule has 0 atom stereocenters. The van der Waals surface area contributed by atoms with Gasteiger partial charge in [-0.2, -0.15) is 0 Å². The normalized spacial score (nSPS) is 17.6. The molecular weight excluding hydrogens is 514 g/mol. The zero-order valence-electron chi connectivity index (χ0n) is 23.1. The average Bonchev–Trinajstić information content (AvgIpc) is 3.71. The second-order valence-corrected chi connectivity index (χ2v) is 12.2. The second-order valence-electron chi connectivity index (χ2n) is 11.7. The molecular formula is C31H40ClN3O4. The largest absolute Gasteiger partial charge is 0.481 e. The summed E-state index contributed by atoms with van der Waals surface area (Å²) < 4.78 is 0. The highest BCUT2D eigenvalue weighted by Gasteiger charge is 2.35. The van der Waals surface area contributed by atoms with Gasteiger partial charge in [0, 0.05) is 62.3 Å².